The Balaban J connectivity index is 1.79. The molecule has 2 aromatic heterocycles. The van der Waals surface area contributed by atoms with Gasteiger partial charge in [-0.1, -0.05) is 34.9 Å². The number of thioether (sulfide) groups is 2. The highest BCUT2D eigenvalue weighted by atomic mass is 32.2. The Bertz CT molecular complexity index is 629. The first-order valence-electron chi connectivity index (χ1n) is 6.26. The standard InChI is InChI=1S/C12H14N4O3S3/c1-7(10(18)14-5-8-3-2-4-19-8)21-12-16-15-11(22-12)20-6-9(13)17/h2-4,7H,5-6H2,1H3,(H2,13,17)(H,14,18). The van der Waals surface area contributed by atoms with Gasteiger partial charge in [-0.3, -0.25) is 9.59 Å². The molecule has 1 unspecified atom stereocenters. The summed E-state index contributed by atoms with van der Waals surface area (Å²) in [5.74, 6) is 0.355. The van der Waals surface area contributed by atoms with Crippen LogP contribution >= 0.6 is 34.9 Å². The Morgan fingerprint density at radius 1 is 1.45 bits per heavy atom. The highest BCUT2D eigenvalue weighted by molar-refractivity contribution is 8.04. The lowest BCUT2D eigenvalue weighted by atomic mass is 10.4. The number of furan rings is 1. The van der Waals surface area contributed by atoms with E-state index in [1.807, 2.05) is 0 Å². The Labute approximate surface area is 139 Å². The molecule has 7 nitrogen and oxygen atoms in total. The molecule has 0 aliphatic heterocycles. The van der Waals surface area contributed by atoms with Crippen LogP contribution in [-0.2, 0) is 16.1 Å². The highest BCUT2D eigenvalue weighted by Crippen LogP contribution is 2.31. The molecule has 2 heterocycles. The number of hydrogen-bond acceptors (Lipinski definition) is 8. The molecule has 0 radical (unpaired) electrons. The number of carbonyl (C=O) groups excluding carboxylic acids is 2. The molecule has 0 aliphatic rings. The lowest BCUT2D eigenvalue weighted by Gasteiger charge is -2.08. The maximum Gasteiger partial charge on any atom is 0.233 e. The normalized spacial score (nSPS) is 12.0. The molecule has 0 saturated heterocycles. The van der Waals surface area contributed by atoms with Gasteiger partial charge in [0.05, 0.1) is 23.8 Å². The third-order valence-electron chi connectivity index (χ3n) is 2.39. The maximum absolute atomic E-state index is 12.0. The zero-order valence-corrected chi connectivity index (χ0v) is 14.1. The second-order valence-corrected chi connectivity index (χ2v) is 7.93. The lowest BCUT2D eigenvalue weighted by Crippen LogP contribution is -2.30. The summed E-state index contributed by atoms with van der Waals surface area (Å²) < 4.78 is 6.48. The van der Waals surface area contributed by atoms with E-state index in [2.05, 4.69) is 15.5 Å². The first-order valence-corrected chi connectivity index (χ1v) is 8.94. The van der Waals surface area contributed by atoms with Crippen LogP contribution in [0, 0.1) is 0 Å². The first kappa shape index (κ1) is 16.8. The van der Waals surface area contributed by atoms with Gasteiger partial charge < -0.3 is 15.5 Å². The van der Waals surface area contributed by atoms with E-state index in [9.17, 15) is 9.59 Å². The fraction of sp³-hybridized carbons (Fsp3) is 0.333. The maximum atomic E-state index is 12.0. The van der Waals surface area contributed by atoms with Crippen molar-refractivity contribution in [1.82, 2.24) is 15.5 Å². The van der Waals surface area contributed by atoms with Crippen LogP contribution in [0.3, 0.4) is 0 Å². The Morgan fingerprint density at radius 2 is 2.23 bits per heavy atom. The third kappa shape index (κ3) is 5.35. The van der Waals surface area contributed by atoms with Crippen LogP contribution in [0.2, 0.25) is 0 Å². The minimum Gasteiger partial charge on any atom is -0.467 e. The zero-order valence-electron chi connectivity index (χ0n) is 11.6. The zero-order chi connectivity index (χ0) is 15.9. The van der Waals surface area contributed by atoms with Crippen LogP contribution in [-0.4, -0.2) is 33.0 Å². The lowest BCUT2D eigenvalue weighted by molar-refractivity contribution is -0.120. The summed E-state index contributed by atoms with van der Waals surface area (Å²) in [6.45, 7) is 2.15. The van der Waals surface area contributed by atoms with Gasteiger partial charge in [-0.25, -0.2) is 0 Å². The quantitative estimate of drug-likeness (QED) is 0.688. The molecule has 0 fully saturated rings. The van der Waals surface area contributed by atoms with Gasteiger partial charge in [0, 0.05) is 0 Å². The number of hydrogen-bond donors (Lipinski definition) is 2. The Hall–Kier alpha value is -1.52. The predicted molar refractivity (Wildman–Crippen MR) is 85.7 cm³/mol. The van der Waals surface area contributed by atoms with Gasteiger partial charge in [0.2, 0.25) is 11.8 Å². The number of rotatable bonds is 8. The fourth-order valence-corrected chi connectivity index (χ4v) is 4.30. The van der Waals surface area contributed by atoms with Crippen LogP contribution in [0.1, 0.15) is 12.7 Å². The summed E-state index contributed by atoms with van der Waals surface area (Å²) in [7, 11) is 0. The molecule has 22 heavy (non-hydrogen) atoms. The van der Waals surface area contributed by atoms with Crippen molar-refractivity contribution in [3.8, 4) is 0 Å². The van der Waals surface area contributed by atoms with Crippen molar-refractivity contribution in [1.29, 1.82) is 0 Å². The predicted octanol–water partition coefficient (Wildman–Crippen LogP) is 1.51. The highest BCUT2D eigenvalue weighted by Gasteiger charge is 2.17. The van der Waals surface area contributed by atoms with E-state index >= 15 is 0 Å². The van der Waals surface area contributed by atoms with Crippen LogP contribution in [0.5, 0.6) is 0 Å². The Kier molecular flexibility index (Phi) is 6.28. The summed E-state index contributed by atoms with van der Waals surface area (Å²) in [4.78, 5) is 22.7. The molecule has 2 rings (SSSR count). The molecular formula is C12H14N4O3S3. The van der Waals surface area contributed by atoms with Crippen LogP contribution in [0.15, 0.2) is 31.5 Å². The number of aromatic nitrogens is 2. The van der Waals surface area contributed by atoms with E-state index in [4.69, 9.17) is 10.2 Å². The molecule has 0 aromatic carbocycles. The minimum atomic E-state index is -0.403. The molecule has 0 aliphatic carbocycles. The van der Waals surface area contributed by atoms with E-state index in [0.717, 1.165) is 0 Å². The summed E-state index contributed by atoms with van der Waals surface area (Å²) in [6.07, 6.45) is 1.56. The molecule has 0 saturated carbocycles. The average Bonchev–Trinajstić information content (AvgIpc) is 3.14. The van der Waals surface area contributed by atoms with Gasteiger partial charge in [0.1, 0.15) is 5.76 Å². The van der Waals surface area contributed by atoms with Gasteiger partial charge in [-0.15, -0.1) is 10.2 Å². The van der Waals surface area contributed by atoms with Crippen molar-refractivity contribution in [2.24, 2.45) is 5.73 Å². The van der Waals surface area contributed by atoms with Crippen molar-refractivity contribution >= 4 is 46.7 Å². The van der Waals surface area contributed by atoms with Gasteiger partial charge in [0.15, 0.2) is 8.68 Å². The van der Waals surface area contributed by atoms with E-state index in [0.29, 0.717) is 21.0 Å². The molecular weight excluding hydrogens is 344 g/mol. The number of amides is 2. The van der Waals surface area contributed by atoms with Gasteiger partial charge in [0.25, 0.3) is 0 Å². The van der Waals surface area contributed by atoms with Gasteiger partial charge >= 0.3 is 0 Å². The van der Waals surface area contributed by atoms with Crippen molar-refractivity contribution in [3.63, 3.8) is 0 Å². The van der Waals surface area contributed by atoms with E-state index in [-0.39, 0.29) is 16.9 Å². The molecule has 118 valence electrons. The summed E-state index contributed by atoms with van der Waals surface area (Å²) in [5, 5.41) is 10.4. The third-order valence-corrected chi connectivity index (χ3v) is 5.65. The summed E-state index contributed by atoms with van der Waals surface area (Å²) in [5.41, 5.74) is 5.07. The van der Waals surface area contributed by atoms with E-state index in [1.54, 1.807) is 25.3 Å². The van der Waals surface area contributed by atoms with Crippen molar-refractivity contribution in [3.05, 3.63) is 24.2 Å². The second kappa shape index (κ2) is 8.20. The SMILES string of the molecule is CC(Sc1nnc(SCC(N)=O)s1)C(=O)NCc1ccco1. The molecule has 0 spiro atoms. The van der Waals surface area contributed by atoms with Crippen molar-refractivity contribution in [2.45, 2.75) is 27.4 Å². The van der Waals surface area contributed by atoms with Crippen LogP contribution < -0.4 is 11.1 Å². The molecule has 2 amide bonds. The van der Waals surface area contributed by atoms with Crippen molar-refractivity contribution in [2.75, 3.05) is 5.75 Å². The van der Waals surface area contributed by atoms with Crippen molar-refractivity contribution < 1.29 is 14.0 Å². The van der Waals surface area contributed by atoms with Gasteiger partial charge in [-0.05, 0) is 19.1 Å². The minimum absolute atomic E-state index is 0.108. The van der Waals surface area contributed by atoms with E-state index in [1.165, 1.54) is 34.9 Å². The first-order chi connectivity index (χ1) is 10.5. The van der Waals surface area contributed by atoms with Gasteiger partial charge in [-0.2, -0.15) is 0 Å². The van der Waals surface area contributed by atoms with Crippen LogP contribution in [0.4, 0.5) is 0 Å². The number of nitrogens with two attached hydrogens (primary N) is 1. The van der Waals surface area contributed by atoms with Crippen LogP contribution in [0.25, 0.3) is 0 Å². The van der Waals surface area contributed by atoms with E-state index < -0.39 is 5.91 Å². The summed E-state index contributed by atoms with van der Waals surface area (Å²) >= 11 is 3.89. The molecule has 3 N–H and O–H groups in total. The second-order valence-electron chi connectivity index (χ2n) is 4.15. The monoisotopic (exact) mass is 358 g/mol. The number of nitrogens with one attached hydrogen (secondary N) is 1. The number of nitrogens with zero attached hydrogens (tertiary/aromatic N) is 2. The number of primary amides is 1. The molecule has 0 bridgehead atoms. The Morgan fingerprint density at radius 3 is 2.91 bits per heavy atom. The average molecular weight is 358 g/mol. The molecule has 10 heteroatoms. The molecule has 2 aromatic rings. The smallest absolute Gasteiger partial charge is 0.233 e. The number of carbonyl (C=O) groups is 2. The topological polar surface area (TPSA) is 111 Å². The molecule has 1 atom stereocenters. The fourth-order valence-electron chi connectivity index (χ4n) is 1.37. The largest absolute Gasteiger partial charge is 0.467 e. The summed E-state index contributed by atoms with van der Waals surface area (Å²) in [6, 6.07) is 3.57.